The highest BCUT2D eigenvalue weighted by Crippen LogP contribution is 2.22. The summed E-state index contributed by atoms with van der Waals surface area (Å²) in [5.41, 5.74) is 2.66. The van der Waals surface area contributed by atoms with E-state index in [2.05, 4.69) is 15.2 Å². The Bertz CT molecular complexity index is 978. The van der Waals surface area contributed by atoms with Crippen LogP contribution in [0.2, 0.25) is 0 Å². The number of carbonyl (C=O) groups is 1. The number of hydrazone groups is 1. The van der Waals surface area contributed by atoms with E-state index in [1.807, 2.05) is 0 Å². The lowest BCUT2D eigenvalue weighted by atomic mass is 10.2. The van der Waals surface area contributed by atoms with Crippen LogP contribution in [0, 0.1) is 0 Å². The van der Waals surface area contributed by atoms with Crippen molar-refractivity contribution < 1.29 is 17.6 Å². The quantitative estimate of drug-likeness (QED) is 0.511. The van der Waals surface area contributed by atoms with Crippen LogP contribution < -0.4 is 10.1 Å². The third-order valence-corrected chi connectivity index (χ3v) is 5.84. The molecular formula is C16H13N3O4S2. The molecule has 2 N–H and O–H groups in total. The maximum atomic E-state index is 12.3. The number of nitrogens with one attached hydrogen (secondary N) is 2. The second-order valence-corrected chi connectivity index (χ2v) is 7.65. The molecule has 1 aromatic carbocycles. The predicted molar refractivity (Wildman–Crippen MR) is 95.3 cm³/mol. The number of sulfonamides is 1. The summed E-state index contributed by atoms with van der Waals surface area (Å²) in [4.78, 5) is 12.3. The minimum Gasteiger partial charge on any atom is -0.463 e. The Hall–Kier alpha value is -2.91. The molecule has 25 heavy (non-hydrogen) atoms. The molecule has 0 bridgehead atoms. The van der Waals surface area contributed by atoms with E-state index in [0.29, 0.717) is 5.76 Å². The van der Waals surface area contributed by atoms with Crippen LogP contribution in [0.25, 0.3) is 0 Å². The first kappa shape index (κ1) is 16.9. The third kappa shape index (κ3) is 4.14. The minimum atomic E-state index is -3.75. The Labute approximate surface area is 148 Å². The summed E-state index contributed by atoms with van der Waals surface area (Å²) >= 11 is 1.09. The molecule has 0 aliphatic carbocycles. The van der Waals surface area contributed by atoms with Gasteiger partial charge in [0.15, 0.2) is 0 Å². The van der Waals surface area contributed by atoms with Gasteiger partial charge in [0.05, 0.1) is 23.7 Å². The van der Waals surface area contributed by atoms with Gasteiger partial charge in [-0.15, -0.1) is 11.3 Å². The number of anilines is 1. The predicted octanol–water partition coefficient (Wildman–Crippen LogP) is 2.91. The van der Waals surface area contributed by atoms with Crippen LogP contribution in [0.15, 0.2) is 73.9 Å². The van der Waals surface area contributed by atoms with Gasteiger partial charge in [0.2, 0.25) is 0 Å². The van der Waals surface area contributed by atoms with Crippen LogP contribution >= 0.6 is 11.3 Å². The average Bonchev–Trinajstić information content (AvgIpc) is 3.29. The lowest BCUT2D eigenvalue weighted by Gasteiger charge is -2.10. The van der Waals surface area contributed by atoms with Gasteiger partial charge in [0.1, 0.15) is 9.97 Å². The van der Waals surface area contributed by atoms with E-state index in [4.69, 9.17) is 4.42 Å². The molecule has 2 heterocycles. The van der Waals surface area contributed by atoms with Crippen LogP contribution in [0.5, 0.6) is 0 Å². The minimum absolute atomic E-state index is 0.152. The Morgan fingerprint density at radius 2 is 1.96 bits per heavy atom. The summed E-state index contributed by atoms with van der Waals surface area (Å²) in [6.45, 7) is 0. The Kier molecular flexibility index (Phi) is 4.96. The highest BCUT2D eigenvalue weighted by molar-refractivity contribution is 7.94. The van der Waals surface area contributed by atoms with Gasteiger partial charge in [-0.25, -0.2) is 13.8 Å². The highest BCUT2D eigenvalue weighted by Gasteiger charge is 2.19. The molecule has 9 heteroatoms. The van der Waals surface area contributed by atoms with Gasteiger partial charge in [-0.1, -0.05) is 18.2 Å². The molecule has 3 rings (SSSR count). The molecule has 0 saturated heterocycles. The van der Waals surface area contributed by atoms with E-state index in [1.165, 1.54) is 30.7 Å². The van der Waals surface area contributed by atoms with Gasteiger partial charge in [-0.2, -0.15) is 5.10 Å². The second kappa shape index (κ2) is 7.32. The third-order valence-electron chi connectivity index (χ3n) is 3.08. The van der Waals surface area contributed by atoms with Gasteiger partial charge in [0.25, 0.3) is 15.9 Å². The molecule has 0 saturated carbocycles. The van der Waals surface area contributed by atoms with Crippen molar-refractivity contribution >= 4 is 39.2 Å². The zero-order valence-corrected chi connectivity index (χ0v) is 14.4. The molecule has 0 radical (unpaired) electrons. The molecular weight excluding hydrogens is 362 g/mol. The Morgan fingerprint density at radius 3 is 2.68 bits per heavy atom. The normalized spacial score (nSPS) is 11.5. The van der Waals surface area contributed by atoms with E-state index < -0.39 is 15.9 Å². The number of carbonyl (C=O) groups excluding carboxylic acids is 1. The molecule has 0 aliphatic heterocycles. The molecule has 0 unspecified atom stereocenters. The van der Waals surface area contributed by atoms with Crippen molar-refractivity contribution in [1.82, 2.24) is 5.43 Å². The zero-order chi connectivity index (χ0) is 17.7. The van der Waals surface area contributed by atoms with Crippen LogP contribution in [-0.2, 0) is 10.0 Å². The average molecular weight is 375 g/mol. The first-order chi connectivity index (χ1) is 12.1. The molecule has 2 aromatic heterocycles. The summed E-state index contributed by atoms with van der Waals surface area (Å²) in [7, 11) is -3.75. The largest absolute Gasteiger partial charge is 0.463 e. The zero-order valence-electron chi connectivity index (χ0n) is 12.7. The molecule has 0 fully saturated rings. The first-order valence-corrected chi connectivity index (χ1v) is 9.45. The van der Waals surface area contributed by atoms with Crippen molar-refractivity contribution in [2.75, 3.05) is 4.72 Å². The summed E-state index contributed by atoms with van der Waals surface area (Å²) < 4.78 is 32.3. The van der Waals surface area contributed by atoms with Crippen LogP contribution in [0.3, 0.4) is 0 Å². The van der Waals surface area contributed by atoms with Crippen LogP contribution in [0.1, 0.15) is 16.1 Å². The number of hydrogen-bond acceptors (Lipinski definition) is 6. The van der Waals surface area contributed by atoms with Crippen LogP contribution in [0.4, 0.5) is 5.69 Å². The Morgan fingerprint density at radius 1 is 1.12 bits per heavy atom. The van der Waals surface area contributed by atoms with Crippen molar-refractivity contribution in [2.45, 2.75) is 4.21 Å². The standard InChI is InChI=1S/C16H13N3O4S2/c20-16(18-17-11-12-5-3-9-23-12)13-6-1-2-7-14(13)19-25(21,22)15-8-4-10-24-15/h1-11,19H,(H,18,20)/b17-11+. The summed E-state index contributed by atoms with van der Waals surface area (Å²) in [5, 5.41) is 5.45. The fourth-order valence-electron chi connectivity index (χ4n) is 1.96. The fraction of sp³-hybridized carbons (Fsp3) is 0. The number of hydrogen-bond donors (Lipinski definition) is 2. The lowest BCUT2D eigenvalue weighted by Crippen LogP contribution is -2.21. The van der Waals surface area contributed by atoms with Gasteiger partial charge in [-0.05, 0) is 35.7 Å². The number of thiophene rings is 1. The molecule has 3 aromatic rings. The number of rotatable bonds is 6. The smallest absolute Gasteiger partial charge is 0.273 e. The lowest BCUT2D eigenvalue weighted by molar-refractivity contribution is 0.0956. The maximum Gasteiger partial charge on any atom is 0.273 e. The van der Waals surface area contributed by atoms with Gasteiger partial charge in [0, 0.05) is 0 Å². The van der Waals surface area contributed by atoms with Gasteiger partial charge in [-0.3, -0.25) is 9.52 Å². The van der Waals surface area contributed by atoms with E-state index in [1.54, 1.807) is 35.7 Å². The van der Waals surface area contributed by atoms with Crippen molar-refractivity contribution in [3.63, 3.8) is 0 Å². The molecule has 0 atom stereocenters. The van der Waals surface area contributed by atoms with Crippen molar-refractivity contribution in [2.24, 2.45) is 5.10 Å². The number of benzene rings is 1. The number of amides is 1. The molecule has 0 aliphatic rings. The second-order valence-electron chi connectivity index (χ2n) is 4.80. The van der Waals surface area contributed by atoms with Crippen LogP contribution in [-0.4, -0.2) is 20.5 Å². The monoisotopic (exact) mass is 375 g/mol. The van der Waals surface area contributed by atoms with E-state index in [9.17, 15) is 13.2 Å². The number of furan rings is 1. The summed E-state index contributed by atoms with van der Waals surface area (Å²) in [5.74, 6) is -0.0701. The van der Waals surface area contributed by atoms with E-state index in [-0.39, 0.29) is 15.5 Å². The number of para-hydroxylation sites is 1. The van der Waals surface area contributed by atoms with Crippen molar-refractivity contribution in [3.05, 3.63) is 71.5 Å². The van der Waals surface area contributed by atoms with E-state index >= 15 is 0 Å². The summed E-state index contributed by atoms with van der Waals surface area (Å²) in [6.07, 6.45) is 2.83. The highest BCUT2D eigenvalue weighted by atomic mass is 32.2. The fourth-order valence-corrected chi connectivity index (χ4v) is 4.03. The Balaban J connectivity index is 1.77. The summed E-state index contributed by atoms with van der Waals surface area (Å²) in [6, 6.07) is 12.8. The maximum absolute atomic E-state index is 12.3. The molecule has 0 spiro atoms. The van der Waals surface area contributed by atoms with Gasteiger partial charge >= 0.3 is 0 Å². The van der Waals surface area contributed by atoms with E-state index in [0.717, 1.165) is 11.3 Å². The topological polar surface area (TPSA) is 101 Å². The van der Waals surface area contributed by atoms with Crippen molar-refractivity contribution in [1.29, 1.82) is 0 Å². The van der Waals surface area contributed by atoms with Crippen molar-refractivity contribution in [3.8, 4) is 0 Å². The van der Waals surface area contributed by atoms with Gasteiger partial charge < -0.3 is 4.42 Å². The molecule has 128 valence electrons. The number of nitrogens with zero attached hydrogens (tertiary/aromatic N) is 1. The molecule has 7 nitrogen and oxygen atoms in total. The SMILES string of the molecule is O=C(N/N=C/c1ccco1)c1ccccc1NS(=O)(=O)c1cccs1. The first-order valence-electron chi connectivity index (χ1n) is 7.08. The molecule has 1 amide bonds.